The lowest BCUT2D eigenvalue weighted by molar-refractivity contribution is 0.426. The summed E-state index contributed by atoms with van der Waals surface area (Å²) in [6.45, 7) is 0. The van der Waals surface area contributed by atoms with Crippen molar-refractivity contribution in [2.24, 2.45) is 17.6 Å². The number of phenols is 1. The first kappa shape index (κ1) is 10.2. The standard InChI is InChI=1S/C14H19NO/c15-14(11-6-3-7-12(16)8-11)9-13(14)10-4-1-2-5-10/h3,6-8,10,13,16H,1-2,4-5,9,15H2. The van der Waals surface area contributed by atoms with Gasteiger partial charge in [-0.25, -0.2) is 0 Å². The molecule has 0 amide bonds. The molecule has 0 heterocycles. The summed E-state index contributed by atoms with van der Waals surface area (Å²) in [7, 11) is 0. The highest BCUT2D eigenvalue weighted by atomic mass is 16.3. The minimum Gasteiger partial charge on any atom is -0.508 e. The number of hydrogen-bond acceptors (Lipinski definition) is 2. The monoisotopic (exact) mass is 217 g/mol. The summed E-state index contributed by atoms with van der Waals surface area (Å²) >= 11 is 0. The van der Waals surface area contributed by atoms with Crippen molar-refractivity contribution in [2.45, 2.75) is 37.6 Å². The second kappa shape index (κ2) is 3.49. The summed E-state index contributed by atoms with van der Waals surface area (Å²) in [4.78, 5) is 0. The van der Waals surface area contributed by atoms with Gasteiger partial charge in [-0.3, -0.25) is 0 Å². The average Bonchev–Trinajstić information content (AvgIpc) is 2.76. The van der Waals surface area contributed by atoms with Crippen molar-refractivity contribution in [3.63, 3.8) is 0 Å². The highest BCUT2D eigenvalue weighted by molar-refractivity contribution is 5.37. The van der Waals surface area contributed by atoms with E-state index >= 15 is 0 Å². The van der Waals surface area contributed by atoms with E-state index in [0.717, 1.165) is 17.9 Å². The molecule has 2 atom stereocenters. The Hall–Kier alpha value is -1.02. The number of benzene rings is 1. The van der Waals surface area contributed by atoms with Gasteiger partial charge in [0.1, 0.15) is 5.75 Å². The molecule has 2 aliphatic carbocycles. The van der Waals surface area contributed by atoms with Crippen LogP contribution in [-0.2, 0) is 5.54 Å². The molecule has 2 unspecified atom stereocenters. The number of rotatable bonds is 2. The maximum Gasteiger partial charge on any atom is 0.115 e. The highest BCUT2D eigenvalue weighted by Gasteiger charge is 2.55. The maximum absolute atomic E-state index is 9.50. The summed E-state index contributed by atoms with van der Waals surface area (Å²) in [5, 5.41) is 9.50. The van der Waals surface area contributed by atoms with Gasteiger partial charge in [0, 0.05) is 5.54 Å². The van der Waals surface area contributed by atoms with E-state index in [2.05, 4.69) is 6.07 Å². The number of nitrogens with two attached hydrogens (primary N) is 1. The predicted octanol–water partition coefficient (Wildman–Crippen LogP) is 2.76. The molecule has 0 aromatic heterocycles. The van der Waals surface area contributed by atoms with Crippen molar-refractivity contribution in [3.8, 4) is 5.75 Å². The molecule has 0 spiro atoms. The summed E-state index contributed by atoms with van der Waals surface area (Å²) < 4.78 is 0. The van der Waals surface area contributed by atoms with Crippen molar-refractivity contribution in [1.29, 1.82) is 0 Å². The van der Waals surface area contributed by atoms with E-state index in [1.807, 2.05) is 12.1 Å². The summed E-state index contributed by atoms with van der Waals surface area (Å²) in [6.07, 6.45) is 6.54. The summed E-state index contributed by atoms with van der Waals surface area (Å²) in [5.41, 5.74) is 7.42. The van der Waals surface area contributed by atoms with Gasteiger partial charge < -0.3 is 10.8 Å². The van der Waals surface area contributed by atoms with Crippen LogP contribution in [0.1, 0.15) is 37.7 Å². The zero-order valence-corrected chi connectivity index (χ0v) is 9.52. The molecule has 16 heavy (non-hydrogen) atoms. The molecule has 2 fully saturated rings. The van der Waals surface area contributed by atoms with E-state index in [-0.39, 0.29) is 5.54 Å². The normalized spacial score (nSPS) is 34.2. The quantitative estimate of drug-likeness (QED) is 0.800. The van der Waals surface area contributed by atoms with Crippen molar-refractivity contribution in [1.82, 2.24) is 0 Å². The summed E-state index contributed by atoms with van der Waals surface area (Å²) in [6, 6.07) is 7.48. The smallest absolute Gasteiger partial charge is 0.115 e. The average molecular weight is 217 g/mol. The zero-order chi connectivity index (χ0) is 11.2. The Morgan fingerprint density at radius 3 is 2.69 bits per heavy atom. The van der Waals surface area contributed by atoms with Gasteiger partial charge in [-0.05, 0) is 36.0 Å². The van der Waals surface area contributed by atoms with Gasteiger partial charge in [0.2, 0.25) is 0 Å². The Kier molecular flexibility index (Phi) is 2.21. The molecular formula is C14H19NO. The molecule has 2 aliphatic rings. The second-order valence-corrected chi connectivity index (χ2v) is 5.45. The van der Waals surface area contributed by atoms with Gasteiger partial charge in [-0.15, -0.1) is 0 Å². The van der Waals surface area contributed by atoms with E-state index in [1.54, 1.807) is 6.07 Å². The fraction of sp³-hybridized carbons (Fsp3) is 0.571. The topological polar surface area (TPSA) is 46.2 Å². The molecule has 0 bridgehead atoms. The van der Waals surface area contributed by atoms with E-state index in [9.17, 15) is 5.11 Å². The van der Waals surface area contributed by atoms with Crippen LogP contribution in [0.2, 0.25) is 0 Å². The van der Waals surface area contributed by atoms with Crippen LogP contribution >= 0.6 is 0 Å². The van der Waals surface area contributed by atoms with Crippen molar-refractivity contribution in [3.05, 3.63) is 29.8 Å². The molecule has 2 saturated carbocycles. The van der Waals surface area contributed by atoms with Crippen LogP contribution in [0, 0.1) is 11.8 Å². The number of phenolic OH excluding ortho intramolecular Hbond substituents is 1. The van der Waals surface area contributed by atoms with Gasteiger partial charge in [-0.1, -0.05) is 37.8 Å². The first-order valence-corrected chi connectivity index (χ1v) is 6.28. The van der Waals surface area contributed by atoms with Crippen LogP contribution in [0.5, 0.6) is 5.75 Å². The van der Waals surface area contributed by atoms with Crippen LogP contribution in [0.15, 0.2) is 24.3 Å². The minimum atomic E-state index is -0.145. The highest BCUT2D eigenvalue weighted by Crippen LogP contribution is 2.57. The lowest BCUT2D eigenvalue weighted by atomic mass is 9.94. The van der Waals surface area contributed by atoms with Crippen molar-refractivity contribution >= 4 is 0 Å². The minimum absolute atomic E-state index is 0.145. The molecule has 86 valence electrons. The Balaban J connectivity index is 1.80. The fourth-order valence-electron chi connectivity index (χ4n) is 3.38. The van der Waals surface area contributed by atoms with Gasteiger partial charge in [-0.2, -0.15) is 0 Å². The van der Waals surface area contributed by atoms with E-state index in [4.69, 9.17) is 5.73 Å². The zero-order valence-electron chi connectivity index (χ0n) is 9.52. The van der Waals surface area contributed by atoms with E-state index < -0.39 is 0 Å². The maximum atomic E-state index is 9.50. The van der Waals surface area contributed by atoms with Crippen LogP contribution < -0.4 is 5.73 Å². The van der Waals surface area contributed by atoms with Crippen LogP contribution in [0.4, 0.5) is 0 Å². The first-order chi connectivity index (χ1) is 7.70. The number of hydrogen-bond donors (Lipinski definition) is 2. The Labute approximate surface area is 96.5 Å². The molecule has 3 N–H and O–H groups in total. The van der Waals surface area contributed by atoms with Crippen LogP contribution in [0.25, 0.3) is 0 Å². The lowest BCUT2D eigenvalue weighted by Crippen LogP contribution is -2.24. The molecule has 2 nitrogen and oxygen atoms in total. The molecule has 0 radical (unpaired) electrons. The Morgan fingerprint density at radius 1 is 1.25 bits per heavy atom. The Morgan fingerprint density at radius 2 is 2.00 bits per heavy atom. The molecule has 0 saturated heterocycles. The predicted molar refractivity (Wildman–Crippen MR) is 64.0 cm³/mol. The third kappa shape index (κ3) is 1.52. The molecular weight excluding hydrogens is 198 g/mol. The van der Waals surface area contributed by atoms with E-state index in [0.29, 0.717) is 11.7 Å². The first-order valence-electron chi connectivity index (χ1n) is 6.28. The van der Waals surface area contributed by atoms with Gasteiger partial charge >= 0.3 is 0 Å². The third-order valence-corrected chi connectivity index (χ3v) is 4.41. The SMILES string of the molecule is NC1(c2cccc(O)c2)CC1C1CCCC1. The lowest BCUT2D eigenvalue weighted by Gasteiger charge is -2.16. The van der Waals surface area contributed by atoms with Gasteiger partial charge in [0.05, 0.1) is 0 Å². The Bertz CT molecular complexity index is 397. The van der Waals surface area contributed by atoms with Crippen molar-refractivity contribution < 1.29 is 5.11 Å². The van der Waals surface area contributed by atoms with Crippen LogP contribution in [0.3, 0.4) is 0 Å². The molecule has 2 heteroatoms. The van der Waals surface area contributed by atoms with Crippen molar-refractivity contribution in [2.75, 3.05) is 0 Å². The van der Waals surface area contributed by atoms with Gasteiger partial charge in [0.15, 0.2) is 0 Å². The third-order valence-electron chi connectivity index (χ3n) is 4.41. The molecule has 1 aromatic carbocycles. The largest absolute Gasteiger partial charge is 0.508 e. The summed E-state index contributed by atoms with van der Waals surface area (Å²) in [5.74, 6) is 1.81. The molecule has 0 aliphatic heterocycles. The molecule has 3 rings (SSSR count). The fourth-order valence-corrected chi connectivity index (χ4v) is 3.38. The second-order valence-electron chi connectivity index (χ2n) is 5.45. The van der Waals surface area contributed by atoms with Gasteiger partial charge in [0.25, 0.3) is 0 Å². The van der Waals surface area contributed by atoms with Crippen LogP contribution in [-0.4, -0.2) is 5.11 Å². The molecule has 1 aromatic rings. The number of aromatic hydroxyl groups is 1. The van der Waals surface area contributed by atoms with E-state index in [1.165, 1.54) is 25.7 Å².